The van der Waals surface area contributed by atoms with Crippen LogP contribution in [0.5, 0.6) is 0 Å². The number of aliphatic carboxylic acids is 1. The number of carboxylic acids is 1. The van der Waals surface area contributed by atoms with Crippen molar-refractivity contribution >= 4 is 5.97 Å². The van der Waals surface area contributed by atoms with Gasteiger partial charge in [0.2, 0.25) is 0 Å². The van der Waals surface area contributed by atoms with Crippen LogP contribution in [0.3, 0.4) is 0 Å². The molecule has 1 N–H and O–H groups in total. The Bertz CT molecular complexity index is 380. The topological polar surface area (TPSA) is 37.3 Å². The van der Waals surface area contributed by atoms with Crippen LogP contribution < -0.4 is 0 Å². The van der Waals surface area contributed by atoms with E-state index < -0.39 is 5.97 Å². The molecule has 0 heterocycles. The molecule has 2 aliphatic carbocycles. The second-order valence-electron chi connectivity index (χ2n) is 5.91. The zero-order valence-corrected chi connectivity index (χ0v) is 10.8. The van der Waals surface area contributed by atoms with E-state index in [0.717, 1.165) is 12.8 Å². The first-order valence-electron chi connectivity index (χ1n) is 6.56. The molecule has 2 heteroatoms. The van der Waals surface area contributed by atoms with Gasteiger partial charge < -0.3 is 5.11 Å². The second-order valence-corrected chi connectivity index (χ2v) is 5.91. The number of rotatable bonds is 2. The van der Waals surface area contributed by atoms with Crippen molar-refractivity contribution in [2.75, 3.05) is 0 Å². The molecule has 0 bridgehead atoms. The van der Waals surface area contributed by atoms with Crippen LogP contribution in [0.4, 0.5) is 0 Å². The van der Waals surface area contributed by atoms with Gasteiger partial charge in [0.15, 0.2) is 0 Å². The van der Waals surface area contributed by atoms with Gasteiger partial charge in [-0.05, 0) is 49.4 Å². The minimum absolute atomic E-state index is 0.127. The Morgan fingerprint density at radius 2 is 2.29 bits per heavy atom. The predicted molar refractivity (Wildman–Crippen MR) is 68.7 cm³/mol. The number of carbonyl (C=O) groups is 1. The maximum absolute atomic E-state index is 11.0. The van der Waals surface area contributed by atoms with Gasteiger partial charge in [0, 0.05) is 5.57 Å². The Hall–Kier alpha value is -1.05. The minimum atomic E-state index is -0.834. The largest absolute Gasteiger partial charge is 0.478 e. The summed E-state index contributed by atoms with van der Waals surface area (Å²) in [5.41, 5.74) is 2.16. The Morgan fingerprint density at radius 1 is 1.59 bits per heavy atom. The van der Waals surface area contributed by atoms with Gasteiger partial charge in [0.25, 0.3) is 0 Å². The fourth-order valence-electron chi connectivity index (χ4n) is 3.51. The molecule has 2 rings (SSSR count). The van der Waals surface area contributed by atoms with E-state index in [1.165, 1.54) is 19.3 Å². The van der Waals surface area contributed by atoms with Crippen LogP contribution in [-0.4, -0.2) is 11.1 Å². The molecule has 0 aromatic rings. The van der Waals surface area contributed by atoms with Crippen molar-refractivity contribution in [1.82, 2.24) is 0 Å². The molecule has 0 radical (unpaired) electrons. The van der Waals surface area contributed by atoms with Crippen molar-refractivity contribution in [2.45, 2.75) is 46.0 Å². The maximum Gasteiger partial charge on any atom is 0.331 e. The van der Waals surface area contributed by atoms with Crippen molar-refractivity contribution in [3.05, 3.63) is 23.8 Å². The summed E-state index contributed by atoms with van der Waals surface area (Å²) in [6.45, 7) is 8.36. The first kappa shape index (κ1) is 12.4. The number of fused-ring (bicyclic) bond motifs is 1. The quantitative estimate of drug-likeness (QED) is 0.583. The highest BCUT2D eigenvalue weighted by Gasteiger charge is 2.42. The molecule has 17 heavy (non-hydrogen) atoms. The monoisotopic (exact) mass is 234 g/mol. The van der Waals surface area contributed by atoms with Crippen LogP contribution in [0.2, 0.25) is 0 Å². The zero-order chi connectivity index (χ0) is 12.6. The van der Waals surface area contributed by atoms with Gasteiger partial charge in [-0.3, -0.25) is 0 Å². The van der Waals surface area contributed by atoms with Crippen LogP contribution in [-0.2, 0) is 4.79 Å². The predicted octanol–water partition coefficient (Wildman–Crippen LogP) is 3.79. The minimum Gasteiger partial charge on any atom is -0.478 e. The Balaban J connectivity index is 2.23. The zero-order valence-electron chi connectivity index (χ0n) is 10.8. The molecule has 0 aromatic heterocycles. The van der Waals surface area contributed by atoms with Gasteiger partial charge in [-0.25, -0.2) is 4.79 Å². The molecule has 2 nitrogen and oxygen atoms in total. The van der Waals surface area contributed by atoms with E-state index in [9.17, 15) is 4.79 Å². The van der Waals surface area contributed by atoms with E-state index in [0.29, 0.717) is 11.5 Å². The Morgan fingerprint density at radius 3 is 2.94 bits per heavy atom. The van der Waals surface area contributed by atoms with Crippen LogP contribution >= 0.6 is 0 Å². The average molecular weight is 234 g/mol. The van der Waals surface area contributed by atoms with Gasteiger partial charge in [-0.15, -0.1) is 0 Å². The second kappa shape index (κ2) is 4.32. The lowest BCUT2D eigenvalue weighted by Gasteiger charge is -2.47. The summed E-state index contributed by atoms with van der Waals surface area (Å²) in [4.78, 5) is 11.0. The van der Waals surface area contributed by atoms with Gasteiger partial charge in [0.1, 0.15) is 0 Å². The molecule has 3 atom stereocenters. The standard InChI is InChI=1S/C15H22O2/c1-10-5-4-6-13-8-7-12(9-15(10,13)3)11(2)14(16)17/h8,10,12H,2,4-7,9H2,1,3H3,(H,16,17)/t10-,12+,15+/m0/s1. The maximum atomic E-state index is 11.0. The molecule has 0 saturated heterocycles. The molecular formula is C15H22O2. The third-order valence-corrected chi connectivity index (χ3v) is 4.99. The van der Waals surface area contributed by atoms with Crippen LogP contribution in [0, 0.1) is 17.3 Å². The van der Waals surface area contributed by atoms with Crippen molar-refractivity contribution in [3.63, 3.8) is 0 Å². The van der Waals surface area contributed by atoms with E-state index in [1.54, 1.807) is 5.57 Å². The van der Waals surface area contributed by atoms with Crippen molar-refractivity contribution in [1.29, 1.82) is 0 Å². The molecule has 2 aliphatic rings. The molecule has 0 aliphatic heterocycles. The molecule has 0 amide bonds. The Kier molecular flexibility index (Phi) is 3.15. The van der Waals surface area contributed by atoms with Crippen molar-refractivity contribution in [3.8, 4) is 0 Å². The number of hydrogen-bond donors (Lipinski definition) is 1. The molecule has 0 unspecified atom stereocenters. The highest BCUT2D eigenvalue weighted by Crippen LogP contribution is 2.52. The average Bonchev–Trinajstić information content (AvgIpc) is 2.29. The first-order valence-corrected chi connectivity index (χ1v) is 6.56. The third kappa shape index (κ3) is 2.05. The SMILES string of the molecule is C=C(C(=O)O)[C@@H]1CC=C2CCC[C@H](C)[C@@]2(C)C1. The van der Waals surface area contributed by atoms with Gasteiger partial charge in [-0.2, -0.15) is 0 Å². The third-order valence-electron chi connectivity index (χ3n) is 4.99. The van der Waals surface area contributed by atoms with Crippen LogP contribution in [0.25, 0.3) is 0 Å². The van der Waals surface area contributed by atoms with E-state index in [-0.39, 0.29) is 11.3 Å². The lowest BCUT2D eigenvalue weighted by Crippen LogP contribution is -2.37. The van der Waals surface area contributed by atoms with E-state index in [4.69, 9.17) is 5.11 Å². The highest BCUT2D eigenvalue weighted by atomic mass is 16.4. The van der Waals surface area contributed by atoms with Gasteiger partial charge >= 0.3 is 5.97 Å². The molecule has 0 spiro atoms. The Labute approximate surface area is 103 Å². The summed E-state index contributed by atoms with van der Waals surface area (Å²) in [5.74, 6) is -0.0485. The summed E-state index contributed by atoms with van der Waals surface area (Å²) in [6.07, 6.45) is 7.87. The van der Waals surface area contributed by atoms with E-state index in [2.05, 4.69) is 26.5 Å². The number of carboxylic acid groups (broad SMARTS) is 1. The summed E-state index contributed by atoms with van der Waals surface area (Å²) in [7, 11) is 0. The number of hydrogen-bond acceptors (Lipinski definition) is 1. The molecule has 94 valence electrons. The molecule has 1 fully saturated rings. The normalized spacial score (nSPS) is 36.9. The first-order chi connectivity index (χ1) is 7.95. The molecule has 1 saturated carbocycles. The van der Waals surface area contributed by atoms with E-state index in [1.807, 2.05) is 0 Å². The fraction of sp³-hybridized carbons (Fsp3) is 0.667. The summed E-state index contributed by atoms with van der Waals surface area (Å²) >= 11 is 0. The van der Waals surface area contributed by atoms with E-state index >= 15 is 0 Å². The van der Waals surface area contributed by atoms with Crippen molar-refractivity contribution < 1.29 is 9.90 Å². The molecule has 0 aromatic carbocycles. The number of allylic oxidation sites excluding steroid dienone is 2. The highest BCUT2D eigenvalue weighted by molar-refractivity contribution is 5.86. The van der Waals surface area contributed by atoms with Gasteiger partial charge in [-0.1, -0.05) is 32.1 Å². The van der Waals surface area contributed by atoms with Crippen molar-refractivity contribution in [2.24, 2.45) is 17.3 Å². The smallest absolute Gasteiger partial charge is 0.331 e. The summed E-state index contributed by atoms with van der Waals surface area (Å²) in [5, 5.41) is 9.06. The van der Waals surface area contributed by atoms with Crippen LogP contribution in [0.15, 0.2) is 23.8 Å². The van der Waals surface area contributed by atoms with Crippen LogP contribution in [0.1, 0.15) is 46.0 Å². The lowest BCUT2D eigenvalue weighted by molar-refractivity contribution is -0.133. The fourth-order valence-corrected chi connectivity index (χ4v) is 3.51. The summed E-state index contributed by atoms with van der Waals surface area (Å²) < 4.78 is 0. The van der Waals surface area contributed by atoms with Gasteiger partial charge in [0.05, 0.1) is 0 Å². The lowest BCUT2D eigenvalue weighted by atomic mass is 9.58. The molecular weight excluding hydrogens is 212 g/mol. The summed E-state index contributed by atoms with van der Waals surface area (Å²) in [6, 6.07) is 0.